The van der Waals surface area contributed by atoms with Gasteiger partial charge in [-0.2, -0.15) is 0 Å². The third-order valence-electron chi connectivity index (χ3n) is 5.46. The average molecular weight is 495 g/mol. The van der Waals surface area contributed by atoms with Crippen molar-refractivity contribution >= 4 is 34.3 Å². The summed E-state index contributed by atoms with van der Waals surface area (Å²) in [6.45, 7) is 7.75. The van der Waals surface area contributed by atoms with E-state index in [2.05, 4.69) is 17.6 Å². The predicted molar refractivity (Wildman–Crippen MR) is 141 cm³/mol. The summed E-state index contributed by atoms with van der Waals surface area (Å²) < 4.78 is 11.8. The van der Waals surface area contributed by atoms with Gasteiger partial charge in [0.15, 0.2) is 0 Å². The molecule has 0 fully saturated rings. The Hall–Kier alpha value is -3.58. The number of amides is 1. The number of fused-ring (bicyclic) bond motifs is 1. The van der Waals surface area contributed by atoms with Crippen molar-refractivity contribution in [1.29, 1.82) is 0 Å². The highest BCUT2D eigenvalue weighted by molar-refractivity contribution is 6.31. The van der Waals surface area contributed by atoms with Crippen molar-refractivity contribution in [1.82, 2.24) is 19.8 Å². The van der Waals surface area contributed by atoms with Crippen molar-refractivity contribution in [2.24, 2.45) is 0 Å². The minimum Gasteiger partial charge on any atom is -0.487 e. The number of halogens is 1. The average Bonchev–Trinajstić information content (AvgIpc) is 2.80. The zero-order valence-corrected chi connectivity index (χ0v) is 21.8. The Labute approximate surface area is 211 Å². The zero-order valence-electron chi connectivity index (χ0n) is 21.0. The Kier molecular flexibility index (Phi) is 8.35. The highest BCUT2D eigenvalue weighted by atomic mass is 35.5. The first kappa shape index (κ1) is 26.0. The van der Waals surface area contributed by atoms with Crippen LogP contribution in [0.4, 0.5) is 4.79 Å². The topological polar surface area (TPSA) is 67.8 Å². The van der Waals surface area contributed by atoms with Crippen LogP contribution in [0.25, 0.3) is 16.6 Å². The number of benzene rings is 1. The highest BCUT2D eigenvalue weighted by Gasteiger charge is 2.20. The molecular weight excluding hydrogens is 464 g/mol. The summed E-state index contributed by atoms with van der Waals surface area (Å²) in [6.07, 6.45) is 5.94. The smallest absolute Gasteiger partial charge is 0.409 e. The predicted octanol–water partition coefficient (Wildman–Crippen LogP) is 6.02. The van der Waals surface area contributed by atoms with Crippen LogP contribution in [0, 0.1) is 6.92 Å². The molecule has 35 heavy (non-hydrogen) atoms. The lowest BCUT2D eigenvalue weighted by atomic mass is 10.0. The fraction of sp³-hybridized carbons (Fsp3) is 0.296. The Balaban J connectivity index is 2.00. The molecule has 8 heteroatoms. The lowest BCUT2D eigenvalue weighted by Crippen LogP contribution is -2.24. The molecule has 184 valence electrons. The number of para-hydroxylation sites is 1. The summed E-state index contributed by atoms with van der Waals surface area (Å²) in [7, 11) is 7.25. The van der Waals surface area contributed by atoms with Gasteiger partial charge in [-0.3, -0.25) is 4.98 Å². The number of rotatable bonds is 8. The van der Waals surface area contributed by atoms with Crippen LogP contribution in [0.2, 0.25) is 5.02 Å². The molecule has 0 aliphatic rings. The number of allylic oxidation sites excluding steroid dienone is 2. The maximum absolute atomic E-state index is 12.1. The Morgan fingerprint density at radius 3 is 2.60 bits per heavy atom. The maximum atomic E-state index is 12.1. The molecule has 3 rings (SSSR count). The van der Waals surface area contributed by atoms with E-state index in [0.717, 1.165) is 27.9 Å². The van der Waals surface area contributed by atoms with Gasteiger partial charge >= 0.3 is 6.09 Å². The molecule has 0 aliphatic heterocycles. The second-order valence-electron chi connectivity index (χ2n) is 8.54. The van der Waals surface area contributed by atoms with Gasteiger partial charge in [-0.15, -0.1) is 0 Å². The van der Waals surface area contributed by atoms with Gasteiger partial charge in [-0.05, 0) is 32.1 Å². The van der Waals surface area contributed by atoms with E-state index in [4.69, 9.17) is 26.1 Å². The number of hydrogen-bond acceptors (Lipinski definition) is 6. The Bertz CT molecular complexity index is 1270. The number of aryl methyl sites for hydroxylation is 1. The van der Waals surface area contributed by atoms with E-state index in [9.17, 15) is 4.79 Å². The minimum absolute atomic E-state index is 0.160. The summed E-state index contributed by atoms with van der Waals surface area (Å²) in [4.78, 5) is 24.4. The number of aromatic nitrogens is 2. The van der Waals surface area contributed by atoms with E-state index in [-0.39, 0.29) is 6.61 Å². The third kappa shape index (κ3) is 5.92. The number of carbonyl (C=O) groups is 1. The molecule has 2 aromatic heterocycles. The van der Waals surface area contributed by atoms with Gasteiger partial charge in [-0.1, -0.05) is 36.4 Å². The number of pyridine rings is 2. The van der Waals surface area contributed by atoms with Gasteiger partial charge in [0.2, 0.25) is 0 Å². The van der Waals surface area contributed by atoms with Gasteiger partial charge in [0.1, 0.15) is 24.0 Å². The molecule has 0 aliphatic carbocycles. The molecule has 0 bridgehead atoms. The van der Waals surface area contributed by atoms with Crippen molar-refractivity contribution in [2.75, 3.05) is 28.2 Å². The molecule has 3 aromatic rings. The quantitative estimate of drug-likeness (QED) is 0.357. The molecule has 1 aromatic carbocycles. The summed E-state index contributed by atoms with van der Waals surface area (Å²) in [5.74, 6) is 0.626. The van der Waals surface area contributed by atoms with E-state index in [0.29, 0.717) is 21.9 Å². The number of nitrogens with zero attached hydrogens (tertiary/aromatic N) is 4. The fourth-order valence-electron chi connectivity index (χ4n) is 3.72. The summed E-state index contributed by atoms with van der Waals surface area (Å²) in [6, 6.07) is 7.91. The molecule has 1 amide bonds. The fourth-order valence-corrected chi connectivity index (χ4v) is 3.94. The first-order chi connectivity index (χ1) is 16.6. The first-order valence-electron chi connectivity index (χ1n) is 11.2. The number of ether oxygens (including phenoxy) is 2. The summed E-state index contributed by atoms with van der Waals surface area (Å²) in [5, 5.41) is 1.40. The van der Waals surface area contributed by atoms with Gasteiger partial charge < -0.3 is 19.3 Å². The van der Waals surface area contributed by atoms with Gasteiger partial charge in [0, 0.05) is 74.1 Å². The second-order valence-corrected chi connectivity index (χ2v) is 8.95. The van der Waals surface area contributed by atoms with E-state index in [1.807, 2.05) is 50.2 Å². The molecule has 1 unspecified atom stereocenters. The highest BCUT2D eigenvalue weighted by Crippen LogP contribution is 2.33. The summed E-state index contributed by atoms with van der Waals surface area (Å²) in [5.41, 5.74) is 5.05. The lowest BCUT2D eigenvalue weighted by Gasteiger charge is -2.21. The van der Waals surface area contributed by atoms with Crippen LogP contribution in [0.15, 0.2) is 55.4 Å². The van der Waals surface area contributed by atoms with Gasteiger partial charge in [-0.25, -0.2) is 9.78 Å². The zero-order chi connectivity index (χ0) is 25.7. The first-order valence-corrected chi connectivity index (χ1v) is 11.6. The van der Waals surface area contributed by atoms with E-state index in [1.54, 1.807) is 39.5 Å². The molecule has 0 saturated heterocycles. The summed E-state index contributed by atoms with van der Waals surface area (Å²) >= 11 is 6.49. The molecule has 7 nitrogen and oxygen atoms in total. The molecule has 0 radical (unpaired) electrons. The van der Waals surface area contributed by atoms with Crippen molar-refractivity contribution < 1.29 is 14.3 Å². The van der Waals surface area contributed by atoms with Gasteiger partial charge in [0.05, 0.1) is 5.02 Å². The molecule has 1 atom stereocenters. The molecule has 0 N–H and O–H groups in total. The van der Waals surface area contributed by atoms with Crippen LogP contribution in [-0.4, -0.2) is 54.1 Å². The number of hydrogen-bond donors (Lipinski definition) is 0. The van der Waals surface area contributed by atoms with Crippen LogP contribution in [-0.2, 0) is 11.3 Å². The van der Waals surface area contributed by atoms with Crippen molar-refractivity contribution in [2.45, 2.75) is 26.6 Å². The SMILES string of the molecule is C=C/C=C(/c1cc(C)nc2c(OCc3c(Cl)cncc3C(C)OC(=O)N(C)C)cccc12)N(C)C. The lowest BCUT2D eigenvalue weighted by molar-refractivity contribution is 0.0816. The van der Waals surface area contributed by atoms with Crippen LogP contribution >= 0.6 is 11.6 Å². The van der Waals surface area contributed by atoms with Crippen LogP contribution in [0.3, 0.4) is 0 Å². The molecule has 0 spiro atoms. The number of carbonyl (C=O) groups excluding carboxylic acids is 1. The van der Waals surface area contributed by atoms with Crippen LogP contribution < -0.4 is 4.74 Å². The Morgan fingerprint density at radius 2 is 1.94 bits per heavy atom. The second kappa shape index (κ2) is 11.2. The van der Waals surface area contributed by atoms with Crippen molar-refractivity contribution in [3.63, 3.8) is 0 Å². The third-order valence-corrected chi connectivity index (χ3v) is 5.78. The standard InChI is InChI=1S/C27H31ClN4O3/c1-8-10-24(31(4)5)20-13-17(2)30-26-19(20)11-9-12-25(26)34-16-22-21(14-29-15-23(22)28)18(3)35-27(33)32(6)7/h8-15,18H,1,16H2,2-7H3/b24-10-. The van der Waals surface area contributed by atoms with Crippen LogP contribution in [0.5, 0.6) is 5.75 Å². The molecule has 2 heterocycles. The molecular formula is C27H31ClN4O3. The van der Waals surface area contributed by atoms with Gasteiger partial charge in [0.25, 0.3) is 0 Å². The minimum atomic E-state index is -0.555. The van der Waals surface area contributed by atoms with E-state index in [1.165, 1.54) is 4.90 Å². The van der Waals surface area contributed by atoms with E-state index >= 15 is 0 Å². The maximum Gasteiger partial charge on any atom is 0.409 e. The van der Waals surface area contributed by atoms with Crippen molar-refractivity contribution in [3.05, 3.63) is 82.8 Å². The normalized spacial score (nSPS) is 12.3. The largest absolute Gasteiger partial charge is 0.487 e. The monoisotopic (exact) mass is 494 g/mol. The Morgan fingerprint density at radius 1 is 1.20 bits per heavy atom. The molecule has 0 saturated carbocycles. The van der Waals surface area contributed by atoms with Crippen LogP contribution in [0.1, 0.15) is 35.4 Å². The van der Waals surface area contributed by atoms with Crippen molar-refractivity contribution in [3.8, 4) is 5.75 Å². The van der Waals surface area contributed by atoms with E-state index < -0.39 is 12.2 Å².